The summed E-state index contributed by atoms with van der Waals surface area (Å²) in [6.07, 6.45) is 0. The van der Waals surface area contributed by atoms with Crippen LogP contribution in [0.25, 0.3) is 22.2 Å². The summed E-state index contributed by atoms with van der Waals surface area (Å²) in [5.41, 5.74) is 3.98. The Balaban J connectivity index is 2.24. The summed E-state index contributed by atoms with van der Waals surface area (Å²) >= 11 is 0. The van der Waals surface area contributed by atoms with Crippen molar-refractivity contribution >= 4 is 11.1 Å². The Morgan fingerprint density at radius 2 is 1.63 bits per heavy atom. The van der Waals surface area contributed by atoms with Gasteiger partial charge in [0.1, 0.15) is 5.52 Å². The molecule has 1 heterocycles. The molecule has 0 amide bonds. The highest BCUT2D eigenvalue weighted by Crippen LogP contribution is 2.32. The smallest absolute Gasteiger partial charge is 0.200 e. The zero-order chi connectivity index (χ0) is 13.5. The van der Waals surface area contributed by atoms with Crippen LogP contribution < -0.4 is 0 Å². The van der Waals surface area contributed by atoms with E-state index < -0.39 is 0 Å². The molecule has 0 aliphatic carbocycles. The van der Waals surface area contributed by atoms with Gasteiger partial charge in [-0.05, 0) is 11.6 Å². The van der Waals surface area contributed by atoms with Gasteiger partial charge in [-0.3, -0.25) is 0 Å². The molecule has 2 aromatic carbocycles. The first-order chi connectivity index (χ1) is 9.05. The third kappa shape index (κ3) is 2.14. The molecule has 2 heteroatoms. The molecule has 2 nitrogen and oxygen atoms in total. The minimum Gasteiger partial charge on any atom is -0.439 e. The first kappa shape index (κ1) is 12.0. The Labute approximate surface area is 113 Å². The van der Waals surface area contributed by atoms with Crippen LogP contribution in [0.15, 0.2) is 52.9 Å². The molecule has 0 N–H and O–H groups in total. The van der Waals surface area contributed by atoms with Gasteiger partial charge in [-0.25, -0.2) is 4.98 Å². The van der Waals surface area contributed by atoms with Crippen LogP contribution in [0.1, 0.15) is 26.7 Å². The summed E-state index contributed by atoms with van der Waals surface area (Å²) < 4.78 is 6.01. The summed E-state index contributed by atoms with van der Waals surface area (Å²) in [5.74, 6) is 0.783. The summed E-state index contributed by atoms with van der Waals surface area (Å²) in [4.78, 5) is 4.60. The van der Waals surface area contributed by atoms with Gasteiger partial charge >= 0.3 is 0 Å². The van der Waals surface area contributed by atoms with Crippen LogP contribution in [0.3, 0.4) is 0 Å². The predicted molar refractivity (Wildman–Crippen MR) is 78.1 cm³/mol. The number of hydrogen-bond donors (Lipinski definition) is 0. The van der Waals surface area contributed by atoms with Gasteiger partial charge in [0.15, 0.2) is 5.58 Å². The average molecular weight is 251 g/mol. The molecular formula is C17H17NO. The van der Waals surface area contributed by atoms with E-state index in [0.29, 0.717) is 0 Å². The highest BCUT2D eigenvalue weighted by Gasteiger charge is 2.22. The number of para-hydroxylation sites is 1. The topological polar surface area (TPSA) is 26.0 Å². The standard InChI is InChI=1S/C17H17NO/c1-17(2,3)16-18-14-11-7-10-13(15(14)19-16)12-8-5-4-6-9-12/h4-11H,1-3H3. The molecule has 0 aliphatic heterocycles. The van der Waals surface area contributed by atoms with Crippen molar-refractivity contribution in [2.24, 2.45) is 0 Å². The monoisotopic (exact) mass is 251 g/mol. The summed E-state index contributed by atoms with van der Waals surface area (Å²) in [6.45, 7) is 6.33. The van der Waals surface area contributed by atoms with Crippen molar-refractivity contribution < 1.29 is 4.42 Å². The second kappa shape index (κ2) is 4.23. The molecule has 3 aromatic rings. The Morgan fingerprint density at radius 3 is 2.32 bits per heavy atom. The van der Waals surface area contributed by atoms with Crippen molar-refractivity contribution in [2.75, 3.05) is 0 Å². The van der Waals surface area contributed by atoms with E-state index in [2.05, 4.69) is 44.0 Å². The van der Waals surface area contributed by atoms with E-state index in [9.17, 15) is 0 Å². The van der Waals surface area contributed by atoms with Crippen LogP contribution in [0.4, 0.5) is 0 Å². The zero-order valence-corrected chi connectivity index (χ0v) is 11.5. The minimum atomic E-state index is -0.0764. The van der Waals surface area contributed by atoms with Crippen LogP contribution in [0.2, 0.25) is 0 Å². The second-order valence-electron chi connectivity index (χ2n) is 5.79. The van der Waals surface area contributed by atoms with E-state index in [0.717, 1.165) is 28.1 Å². The van der Waals surface area contributed by atoms with E-state index in [1.54, 1.807) is 0 Å². The van der Waals surface area contributed by atoms with Gasteiger partial charge in [-0.2, -0.15) is 0 Å². The molecular weight excluding hydrogens is 234 g/mol. The Hall–Kier alpha value is -2.09. The largest absolute Gasteiger partial charge is 0.439 e. The van der Waals surface area contributed by atoms with Crippen LogP contribution >= 0.6 is 0 Å². The molecule has 1 aromatic heterocycles. The van der Waals surface area contributed by atoms with E-state index in [-0.39, 0.29) is 5.41 Å². The Kier molecular flexibility index (Phi) is 2.67. The van der Waals surface area contributed by atoms with Crippen molar-refractivity contribution in [3.63, 3.8) is 0 Å². The van der Waals surface area contributed by atoms with Crippen molar-refractivity contribution in [3.05, 3.63) is 54.4 Å². The first-order valence-corrected chi connectivity index (χ1v) is 6.51. The quantitative estimate of drug-likeness (QED) is 0.621. The Morgan fingerprint density at radius 1 is 0.895 bits per heavy atom. The lowest BCUT2D eigenvalue weighted by Crippen LogP contribution is -2.10. The molecule has 0 atom stereocenters. The molecule has 0 bridgehead atoms. The fourth-order valence-electron chi connectivity index (χ4n) is 2.11. The summed E-state index contributed by atoms with van der Waals surface area (Å²) in [6, 6.07) is 16.4. The van der Waals surface area contributed by atoms with Gasteiger partial charge < -0.3 is 4.42 Å². The van der Waals surface area contributed by atoms with Crippen LogP contribution in [0.5, 0.6) is 0 Å². The van der Waals surface area contributed by atoms with Crippen molar-refractivity contribution in [1.29, 1.82) is 0 Å². The fraction of sp³-hybridized carbons (Fsp3) is 0.235. The lowest BCUT2D eigenvalue weighted by molar-refractivity contribution is 0.411. The zero-order valence-electron chi connectivity index (χ0n) is 11.5. The maximum absolute atomic E-state index is 6.01. The van der Waals surface area contributed by atoms with Crippen LogP contribution in [-0.4, -0.2) is 4.98 Å². The molecule has 3 rings (SSSR count). The van der Waals surface area contributed by atoms with Gasteiger partial charge in [0.05, 0.1) is 0 Å². The maximum atomic E-state index is 6.01. The SMILES string of the molecule is CC(C)(C)c1nc2cccc(-c3ccccc3)c2o1. The number of hydrogen-bond acceptors (Lipinski definition) is 2. The van der Waals surface area contributed by atoms with Gasteiger partial charge in [0.25, 0.3) is 0 Å². The first-order valence-electron chi connectivity index (χ1n) is 6.51. The average Bonchev–Trinajstić information content (AvgIpc) is 2.83. The van der Waals surface area contributed by atoms with E-state index >= 15 is 0 Å². The molecule has 0 spiro atoms. The molecule has 0 fully saturated rings. The van der Waals surface area contributed by atoms with Crippen LogP contribution in [-0.2, 0) is 5.41 Å². The van der Waals surface area contributed by atoms with Crippen molar-refractivity contribution in [1.82, 2.24) is 4.98 Å². The number of rotatable bonds is 1. The second-order valence-corrected chi connectivity index (χ2v) is 5.79. The fourth-order valence-corrected chi connectivity index (χ4v) is 2.11. The lowest BCUT2D eigenvalue weighted by atomic mass is 9.97. The summed E-state index contributed by atoms with van der Waals surface area (Å²) in [7, 11) is 0. The molecule has 0 saturated carbocycles. The van der Waals surface area contributed by atoms with E-state index in [4.69, 9.17) is 4.42 Å². The number of benzene rings is 2. The van der Waals surface area contributed by atoms with Crippen molar-refractivity contribution in [2.45, 2.75) is 26.2 Å². The third-order valence-electron chi connectivity index (χ3n) is 3.14. The molecule has 0 aliphatic rings. The Bertz CT molecular complexity index is 705. The van der Waals surface area contributed by atoms with Gasteiger partial charge in [-0.1, -0.05) is 63.2 Å². The van der Waals surface area contributed by atoms with E-state index in [1.165, 1.54) is 0 Å². The number of fused-ring (bicyclic) bond motifs is 1. The predicted octanol–water partition coefficient (Wildman–Crippen LogP) is 4.79. The highest BCUT2D eigenvalue weighted by molar-refractivity contribution is 5.90. The maximum Gasteiger partial charge on any atom is 0.200 e. The van der Waals surface area contributed by atoms with Gasteiger partial charge in [0, 0.05) is 11.0 Å². The van der Waals surface area contributed by atoms with Crippen molar-refractivity contribution in [3.8, 4) is 11.1 Å². The molecule has 19 heavy (non-hydrogen) atoms. The van der Waals surface area contributed by atoms with E-state index in [1.807, 2.05) is 30.3 Å². The van der Waals surface area contributed by atoms with Gasteiger partial charge in [-0.15, -0.1) is 0 Å². The normalized spacial score (nSPS) is 11.9. The number of aromatic nitrogens is 1. The van der Waals surface area contributed by atoms with Crippen LogP contribution in [0, 0.1) is 0 Å². The molecule has 0 radical (unpaired) electrons. The summed E-state index contributed by atoms with van der Waals surface area (Å²) in [5, 5.41) is 0. The van der Waals surface area contributed by atoms with Gasteiger partial charge in [0.2, 0.25) is 5.89 Å². The molecule has 0 unspecified atom stereocenters. The lowest BCUT2D eigenvalue weighted by Gasteiger charge is -2.11. The minimum absolute atomic E-state index is 0.0764. The third-order valence-corrected chi connectivity index (χ3v) is 3.14. The number of oxazole rings is 1. The highest BCUT2D eigenvalue weighted by atomic mass is 16.3. The molecule has 0 saturated heterocycles. The number of nitrogens with zero attached hydrogens (tertiary/aromatic N) is 1. The molecule has 96 valence electrons.